The zero-order valence-corrected chi connectivity index (χ0v) is 18.5. The fourth-order valence-electron chi connectivity index (χ4n) is 3.56. The molecule has 1 unspecified atom stereocenters. The van der Waals surface area contributed by atoms with E-state index in [9.17, 15) is 9.59 Å². The van der Waals surface area contributed by atoms with Crippen molar-refractivity contribution in [2.24, 2.45) is 4.99 Å². The summed E-state index contributed by atoms with van der Waals surface area (Å²) in [4.78, 5) is 32.6. The second-order valence-corrected chi connectivity index (χ2v) is 7.87. The first kappa shape index (κ1) is 21.9. The summed E-state index contributed by atoms with van der Waals surface area (Å²) in [6, 6.07) is 14.9. The summed E-state index contributed by atoms with van der Waals surface area (Å²) in [5, 5.41) is 0.595. The van der Waals surface area contributed by atoms with Crippen LogP contribution in [0.2, 0.25) is 5.02 Å². The smallest absolute Gasteiger partial charge is 0.296 e. The number of carbonyl (C=O) groups excluding carboxylic acids is 2. The van der Waals surface area contributed by atoms with Gasteiger partial charge >= 0.3 is 0 Å². The number of ether oxygens (including phenoxy) is 2. The van der Waals surface area contributed by atoms with Crippen LogP contribution in [-0.4, -0.2) is 60.4 Å². The number of aliphatic imine (C=N–C) groups is 1. The van der Waals surface area contributed by atoms with Crippen molar-refractivity contribution in [1.82, 2.24) is 9.80 Å². The van der Waals surface area contributed by atoms with Crippen LogP contribution in [0.5, 0.6) is 5.75 Å². The van der Waals surface area contributed by atoms with Gasteiger partial charge < -0.3 is 19.3 Å². The molecule has 1 saturated heterocycles. The molecule has 2 aromatic rings. The average Bonchev–Trinajstić information content (AvgIpc) is 3.21. The monoisotopic (exact) mass is 453 g/mol. The normalized spacial score (nSPS) is 18.6. The maximum atomic E-state index is 12.6. The van der Waals surface area contributed by atoms with Gasteiger partial charge in [-0.1, -0.05) is 35.9 Å². The van der Waals surface area contributed by atoms with E-state index >= 15 is 0 Å². The topological polar surface area (TPSA) is 71.4 Å². The van der Waals surface area contributed by atoms with Gasteiger partial charge in [0.05, 0.1) is 6.61 Å². The molecule has 2 heterocycles. The zero-order valence-electron chi connectivity index (χ0n) is 17.7. The summed E-state index contributed by atoms with van der Waals surface area (Å²) in [7, 11) is 0. The van der Waals surface area contributed by atoms with Gasteiger partial charge in [0.1, 0.15) is 5.75 Å². The highest BCUT2D eigenvalue weighted by atomic mass is 35.5. The van der Waals surface area contributed by atoms with Crippen molar-refractivity contribution in [1.29, 1.82) is 0 Å². The van der Waals surface area contributed by atoms with E-state index < -0.39 is 6.10 Å². The van der Waals surface area contributed by atoms with Gasteiger partial charge in [0.15, 0.2) is 0 Å². The van der Waals surface area contributed by atoms with E-state index in [1.807, 2.05) is 36.1 Å². The quantitative estimate of drug-likeness (QED) is 0.647. The summed E-state index contributed by atoms with van der Waals surface area (Å²) in [5.41, 5.74) is 1.65. The Bertz CT molecular complexity index is 1030. The second-order valence-electron chi connectivity index (χ2n) is 7.43. The number of hydrogen-bond donors (Lipinski definition) is 0. The van der Waals surface area contributed by atoms with Crippen LogP contribution in [0, 0.1) is 0 Å². The third-order valence-electron chi connectivity index (χ3n) is 5.30. The largest absolute Gasteiger partial charge is 0.494 e. The van der Waals surface area contributed by atoms with Crippen LogP contribution in [0.1, 0.15) is 24.2 Å². The first-order valence-electron chi connectivity index (χ1n) is 10.5. The molecule has 166 valence electrons. The molecule has 0 spiro atoms. The maximum Gasteiger partial charge on any atom is 0.296 e. The Balaban J connectivity index is 1.29. The summed E-state index contributed by atoms with van der Waals surface area (Å²) < 4.78 is 11.2. The fourth-order valence-corrected chi connectivity index (χ4v) is 3.69. The minimum atomic E-state index is -0.751. The molecule has 0 saturated carbocycles. The van der Waals surface area contributed by atoms with Crippen LogP contribution in [-0.2, 0) is 14.3 Å². The number of rotatable bonds is 5. The van der Waals surface area contributed by atoms with Crippen molar-refractivity contribution >= 4 is 35.5 Å². The number of halogens is 1. The van der Waals surface area contributed by atoms with Gasteiger partial charge in [0.25, 0.3) is 11.9 Å². The van der Waals surface area contributed by atoms with E-state index in [2.05, 4.69) is 4.99 Å². The molecule has 0 aliphatic carbocycles. The first-order chi connectivity index (χ1) is 15.5. The first-order valence-corrected chi connectivity index (χ1v) is 10.9. The van der Waals surface area contributed by atoms with E-state index in [-0.39, 0.29) is 11.8 Å². The molecule has 32 heavy (non-hydrogen) atoms. The van der Waals surface area contributed by atoms with Crippen molar-refractivity contribution in [3.05, 3.63) is 70.8 Å². The van der Waals surface area contributed by atoms with Crippen LogP contribution in [0.4, 0.5) is 0 Å². The van der Waals surface area contributed by atoms with Crippen LogP contribution in [0.25, 0.3) is 6.08 Å². The van der Waals surface area contributed by atoms with Crippen molar-refractivity contribution in [3.63, 3.8) is 0 Å². The molecule has 4 rings (SSSR count). The summed E-state index contributed by atoms with van der Waals surface area (Å²) >= 11 is 5.91. The molecule has 0 aromatic heterocycles. The lowest BCUT2D eigenvalue weighted by atomic mass is 10.1. The van der Waals surface area contributed by atoms with Gasteiger partial charge in [0, 0.05) is 42.8 Å². The standard InChI is InChI=1S/C24H24ClN3O4/c1-2-31-20-10-3-17(4-11-20)5-12-21(29)27-13-15-28(16-14-27)24-26-23(30)22(32-24)18-6-8-19(25)9-7-18/h3-12,22H,2,13-16H2,1H3/b12-5+. The molecule has 8 heteroatoms. The molecular formula is C24H24ClN3O4. The Morgan fingerprint density at radius 1 is 1.12 bits per heavy atom. The van der Waals surface area contributed by atoms with Crippen LogP contribution >= 0.6 is 11.6 Å². The van der Waals surface area contributed by atoms with Gasteiger partial charge in [-0.05, 0) is 42.8 Å². The minimum Gasteiger partial charge on any atom is -0.494 e. The molecule has 1 fully saturated rings. The SMILES string of the molecule is CCOc1ccc(/C=C/C(=O)N2CCN(C3=NC(=O)C(c4ccc(Cl)cc4)O3)CC2)cc1. The van der Waals surface area contributed by atoms with Gasteiger partial charge in [-0.3, -0.25) is 9.59 Å². The second kappa shape index (κ2) is 9.87. The maximum absolute atomic E-state index is 12.6. The van der Waals surface area contributed by atoms with E-state index in [0.717, 1.165) is 11.3 Å². The van der Waals surface area contributed by atoms with Crippen molar-refractivity contribution in [3.8, 4) is 5.75 Å². The Morgan fingerprint density at radius 3 is 2.47 bits per heavy atom. The summed E-state index contributed by atoms with van der Waals surface area (Å²) in [6.07, 6.45) is 2.62. The lowest BCUT2D eigenvalue weighted by Gasteiger charge is -2.34. The van der Waals surface area contributed by atoms with Gasteiger partial charge in [0.2, 0.25) is 12.0 Å². The molecule has 2 aliphatic heterocycles. The third kappa shape index (κ3) is 5.11. The van der Waals surface area contributed by atoms with E-state index in [1.54, 1.807) is 41.3 Å². The molecular weight excluding hydrogens is 430 g/mol. The Kier molecular flexibility index (Phi) is 6.75. The van der Waals surface area contributed by atoms with E-state index in [1.165, 1.54) is 0 Å². The lowest BCUT2D eigenvalue weighted by molar-refractivity contribution is -0.127. The Labute approximate surface area is 191 Å². The Hall–Kier alpha value is -3.32. The minimum absolute atomic E-state index is 0.0528. The molecule has 2 amide bonds. The highest BCUT2D eigenvalue weighted by molar-refractivity contribution is 6.30. The van der Waals surface area contributed by atoms with E-state index in [0.29, 0.717) is 49.4 Å². The molecule has 0 bridgehead atoms. The highest BCUT2D eigenvalue weighted by Crippen LogP contribution is 2.27. The highest BCUT2D eigenvalue weighted by Gasteiger charge is 2.34. The molecule has 2 aromatic carbocycles. The van der Waals surface area contributed by atoms with E-state index in [4.69, 9.17) is 21.1 Å². The number of hydrogen-bond acceptors (Lipinski definition) is 5. The molecule has 2 aliphatic rings. The lowest BCUT2D eigenvalue weighted by Crippen LogP contribution is -2.50. The number of piperazine rings is 1. The molecule has 0 N–H and O–H groups in total. The number of nitrogens with zero attached hydrogens (tertiary/aromatic N) is 3. The summed E-state index contributed by atoms with van der Waals surface area (Å²) in [5.74, 6) is 0.419. The average molecular weight is 454 g/mol. The van der Waals surface area contributed by atoms with Gasteiger partial charge in [-0.25, -0.2) is 0 Å². The Morgan fingerprint density at radius 2 is 1.81 bits per heavy atom. The predicted octanol–water partition coefficient (Wildman–Crippen LogP) is 3.55. The third-order valence-corrected chi connectivity index (χ3v) is 5.55. The number of benzene rings is 2. The predicted molar refractivity (Wildman–Crippen MR) is 123 cm³/mol. The van der Waals surface area contributed by atoms with Crippen molar-refractivity contribution in [2.45, 2.75) is 13.0 Å². The number of amidine groups is 1. The van der Waals surface area contributed by atoms with Crippen molar-refractivity contribution in [2.75, 3.05) is 32.8 Å². The van der Waals surface area contributed by atoms with Crippen LogP contribution in [0.3, 0.4) is 0 Å². The van der Waals surface area contributed by atoms with Gasteiger partial charge in [-0.15, -0.1) is 0 Å². The summed E-state index contributed by atoms with van der Waals surface area (Å²) in [6.45, 7) is 4.69. The van der Waals surface area contributed by atoms with Crippen molar-refractivity contribution < 1.29 is 19.1 Å². The zero-order chi connectivity index (χ0) is 22.5. The number of amides is 2. The molecule has 7 nitrogen and oxygen atoms in total. The number of carbonyl (C=O) groups is 2. The van der Waals surface area contributed by atoms with Crippen LogP contribution < -0.4 is 4.74 Å². The fraction of sp³-hybridized carbons (Fsp3) is 0.292. The van der Waals surface area contributed by atoms with Crippen LogP contribution in [0.15, 0.2) is 59.6 Å². The molecule has 0 radical (unpaired) electrons. The van der Waals surface area contributed by atoms with Gasteiger partial charge in [-0.2, -0.15) is 4.99 Å². The molecule has 1 atom stereocenters.